The van der Waals surface area contributed by atoms with Crippen LogP contribution in [0.4, 0.5) is 11.4 Å². The van der Waals surface area contributed by atoms with Crippen LogP contribution < -0.4 is 14.5 Å². The smallest absolute Gasteiger partial charge is 0.316 e. The molecular weight excluding hydrogens is 468 g/mol. The van der Waals surface area contributed by atoms with Crippen LogP contribution in [0.1, 0.15) is 30.4 Å². The third-order valence-electron chi connectivity index (χ3n) is 7.06. The average Bonchev–Trinajstić information content (AvgIpc) is 3.34. The van der Waals surface area contributed by atoms with Gasteiger partial charge in [0.25, 0.3) is 0 Å². The molecule has 0 spiro atoms. The predicted octanol–water partition coefficient (Wildman–Crippen LogP) is 4.37. The van der Waals surface area contributed by atoms with E-state index in [0.29, 0.717) is 40.6 Å². The number of nitrogens with zero attached hydrogens (tertiary/aromatic N) is 2. The molecule has 5 rings (SSSR count). The van der Waals surface area contributed by atoms with Crippen molar-refractivity contribution in [2.24, 2.45) is 17.8 Å². The lowest BCUT2D eigenvalue weighted by molar-refractivity contribution is -0.139. The standard InChI is InChI=1S/C27H25ClN2O5/c1-15-7-8-18(13-22(15)28)29-14-17(12-24(29)31)27(34)35-19-9-10-23(16(2)11-19)30-25(32)20-5-3-4-6-21(20)26(30)33/h3-4,7-11,13,17,20-21H,5-6,12,14H2,1-2H3/t17-,20-,21+/m0/s1. The molecule has 2 aromatic rings. The first-order valence-electron chi connectivity index (χ1n) is 11.7. The highest BCUT2D eigenvalue weighted by Crippen LogP contribution is 2.39. The summed E-state index contributed by atoms with van der Waals surface area (Å²) in [6.07, 6.45) is 5.11. The molecule has 35 heavy (non-hydrogen) atoms. The van der Waals surface area contributed by atoms with E-state index >= 15 is 0 Å². The number of esters is 1. The number of aryl methyl sites for hydroxylation is 2. The van der Waals surface area contributed by atoms with E-state index in [0.717, 1.165) is 5.56 Å². The van der Waals surface area contributed by atoms with E-state index in [1.54, 1.807) is 36.1 Å². The van der Waals surface area contributed by atoms with E-state index in [9.17, 15) is 19.2 Å². The van der Waals surface area contributed by atoms with Crippen LogP contribution in [-0.2, 0) is 19.2 Å². The van der Waals surface area contributed by atoms with Crippen molar-refractivity contribution in [3.63, 3.8) is 0 Å². The van der Waals surface area contributed by atoms with Crippen LogP contribution in [0.3, 0.4) is 0 Å². The second-order valence-corrected chi connectivity index (χ2v) is 9.78. The van der Waals surface area contributed by atoms with Crippen molar-refractivity contribution < 1.29 is 23.9 Å². The first-order chi connectivity index (χ1) is 16.7. The van der Waals surface area contributed by atoms with Crippen molar-refractivity contribution >= 4 is 46.7 Å². The number of benzene rings is 2. The number of hydrogen-bond acceptors (Lipinski definition) is 5. The molecule has 0 N–H and O–H groups in total. The molecule has 8 heteroatoms. The van der Waals surface area contributed by atoms with Crippen LogP contribution in [0.25, 0.3) is 0 Å². The summed E-state index contributed by atoms with van der Waals surface area (Å²) in [4.78, 5) is 54.0. The lowest BCUT2D eigenvalue weighted by Gasteiger charge is -2.19. The summed E-state index contributed by atoms with van der Waals surface area (Å²) in [7, 11) is 0. The molecule has 0 radical (unpaired) electrons. The lowest BCUT2D eigenvalue weighted by atomic mass is 9.85. The fraction of sp³-hybridized carbons (Fsp3) is 0.333. The zero-order chi connectivity index (χ0) is 24.9. The molecule has 3 atom stereocenters. The largest absolute Gasteiger partial charge is 0.426 e. The van der Waals surface area contributed by atoms with Crippen LogP contribution in [0.15, 0.2) is 48.6 Å². The van der Waals surface area contributed by atoms with Gasteiger partial charge in [0.05, 0.1) is 23.4 Å². The van der Waals surface area contributed by atoms with Gasteiger partial charge in [-0.25, -0.2) is 4.90 Å². The molecule has 2 aliphatic heterocycles. The molecule has 180 valence electrons. The highest BCUT2D eigenvalue weighted by molar-refractivity contribution is 6.31. The number of carbonyl (C=O) groups excluding carboxylic acids is 4. The van der Waals surface area contributed by atoms with E-state index in [1.165, 1.54) is 4.90 Å². The number of amides is 3. The van der Waals surface area contributed by atoms with Crippen LogP contribution in [-0.4, -0.2) is 30.2 Å². The molecule has 2 heterocycles. The van der Waals surface area contributed by atoms with Gasteiger partial charge in [-0.15, -0.1) is 0 Å². The van der Waals surface area contributed by atoms with E-state index in [2.05, 4.69) is 0 Å². The number of allylic oxidation sites excluding steroid dienone is 2. The maximum absolute atomic E-state index is 12.9. The summed E-state index contributed by atoms with van der Waals surface area (Å²) in [5.74, 6) is -1.96. The van der Waals surface area contributed by atoms with Crippen molar-refractivity contribution in [2.75, 3.05) is 16.3 Å². The van der Waals surface area contributed by atoms with Crippen molar-refractivity contribution in [1.29, 1.82) is 0 Å². The number of imide groups is 1. The van der Waals surface area contributed by atoms with Gasteiger partial charge in [0.2, 0.25) is 17.7 Å². The zero-order valence-electron chi connectivity index (χ0n) is 19.5. The quantitative estimate of drug-likeness (QED) is 0.274. The van der Waals surface area contributed by atoms with Gasteiger partial charge in [0.1, 0.15) is 5.75 Å². The molecular formula is C27H25ClN2O5. The Bertz CT molecular complexity index is 1260. The number of halogens is 1. The maximum Gasteiger partial charge on any atom is 0.316 e. The number of rotatable bonds is 4. The Morgan fingerprint density at radius 3 is 2.26 bits per heavy atom. The van der Waals surface area contributed by atoms with Crippen molar-refractivity contribution in [1.82, 2.24) is 0 Å². The molecule has 3 aliphatic rings. The third kappa shape index (κ3) is 4.14. The second kappa shape index (κ2) is 8.96. The molecule has 0 aromatic heterocycles. The van der Waals surface area contributed by atoms with Crippen molar-refractivity contribution in [3.05, 3.63) is 64.7 Å². The predicted molar refractivity (Wildman–Crippen MR) is 131 cm³/mol. The van der Waals surface area contributed by atoms with Gasteiger partial charge in [0.15, 0.2) is 0 Å². The minimum absolute atomic E-state index is 0.0506. The molecule has 2 saturated heterocycles. The SMILES string of the molecule is Cc1ccc(N2C[C@@H](C(=O)Oc3ccc(N4C(=O)[C@H]5CC=CC[C@H]5C4=O)c(C)c3)CC2=O)cc1Cl. The van der Waals surface area contributed by atoms with E-state index in [1.807, 2.05) is 31.2 Å². The van der Waals surface area contributed by atoms with Crippen LogP contribution in [0.5, 0.6) is 5.75 Å². The summed E-state index contributed by atoms with van der Waals surface area (Å²) in [5, 5.41) is 0.558. The molecule has 7 nitrogen and oxygen atoms in total. The Hall–Kier alpha value is -3.45. The van der Waals surface area contributed by atoms with Gasteiger partial charge in [-0.05, 0) is 68.1 Å². The van der Waals surface area contributed by atoms with Crippen molar-refractivity contribution in [2.45, 2.75) is 33.1 Å². The Balaban J connectivity index is 1.28. The zero-order valence-corrected chi connectivity index (χ0v) is 20.2. The summed E-state index contributed by atoms with van der Waals surface area (Å²) >= 11 is 6.20. The minimum atomic E-state index is -0.611. The first kappa shape index (κ1) is 23.3. The number of ether oxygens (including phenoxy) is 1. The third-order valence-corrected chi connectivity index (χ3v) is 7.47. The fourth-order valence-corrected chi connectivity index (χ4v) is 5.22. The van der Waals surface area contributed by atoms with Crippen molar-refractivity contribution in [3.8, 4) is 5.75 Å². The average molecular weight is 493 g/mol. The molecule has 1 aliphatic carbocycles. The molecule has 0 bridgehead atoms. The number of hydrogen-bond donors (Lipinski definition) is 0. The van der Waals surface area contributed by atoms with E-state index in [4.69, 9.17) is 16.3 Å². The highest BCUT2D eigenvalue weighted by Gasteiger charge is 2.48. The topological polar surface area (TPSA) is 84.0 Å². The summed E-state index contributed by atoms with van der Waals surface area (Å²) in [5.41, 5.74) is 2.72. The minimum Gasteiger partial charge on any atom is -0.426 e. The van der Waals surface area contributed by atoms with Crippen LogP contribution >= 0.6 is 11.6 Å². The summed E-state index contributed by atoms with van der Waals surface area (Å²) < 4.78 is 5.58. The fourth-order valence-electron chi connectivity index (χ4n) is 5.04. The summed E-state index contributed by atoms with van der Waals surface area (Å²) in [6.45, 7) is 3.86. The first-order valence-corrected chi connectivity index (χ1v) is 12.0. The number of carbonyl (C=O) groups is 4. The van der Waals surface area contributed by atoms with Gasteiger partial charge in [-0.2, -0.15) is 0 Å². The Morgan fingerprint density at radius 2 is 1.63 bits per heavy atom. The Labute approximate surface area is 208 Å². The molecule has 2 fully saturated rings. The van der Waals surface area contributed by atoms with Crippen LogP contribution in [0, 0.1) is 31.6 Å². The Kier molecular flexibility index (Phi) is 5.97. The van der Waals surface area contributed by atoms with Gasteiger partial charge in [-0.3, -0.25) is 19.2 Å². The normalized spacial score (nSPS) is 23.7. The van der Waals surface area contributed by atoms with Gasteiger partial charge < -0.3 is 9.64 Å². The second-order valence-electron chi connectivity index (χ2n) is 9.38. The summed E-state index contributed by atoms with van der Waals surface area (Å²) in [6, 6.07) is 10.2. The molecule has 0 unspecified atom stereocenters. The Morgan fingerprint density at radius 1 is 0.943 bits per heavy atom. The van der Waals surface area contributed by atoms with Gasteiger partial charge in [0, 0.05) is 23.7 Å². The number of anilines is 2. The van der Waals surface area contributed by atoms with E-state index < -0.39 is 11.9 Å². The van der Waals surface area contributed by atoms with Crippen LogP contribution in [0.2, 0.25) is 5.02 Å². The van der Waals surface area contributed by atoms with Gasteiger partial charge >= 0.3 is 5.97 Å². The van der Waals surface area contributed by atoms with Gasteiger partial charge in [-0.1, -0.05) is 29.8 Å². The monoisotopic (exact) mass is 492 g/mol. The maximum atomic E-state index is 12.9. The van der Waals surface area contributed by atoms with E-state index in [-0.39, 0.29) is 42.5 Å². The molecule has 3 amide bonds. The number of fused-ring (bicyclic) bond motifs is 1. The molecule has 0 saturated carbocycles. The molecule has 2 aromatic carbocycles. The highest BCUT2D eigenvalue weighted by atomic mass is 35.5. The lowest BCUT2D eigenvalue weighted by Crippen LogP contribution is -2.31.